The molecule has 406 valence electrons. The molecule has 13 nitrogen and oxygen atoms in total. The zero-order valence-electron chi connectivity index (χ0n) is 43.6. The van der Waals surface area contributed by atoms with Crippen molar-refractivity contribution in [3.05, 3.63) is 24.3 Å². The number of carbonyl (C=O) groups excluding carboxylic acids is 2. The van der Waals surface area contributed by atoms with Crippen LogP contribution in [0.1, 0.15) is 258 Å². The fourth-order valence-corrected chi connectivity index (χ4v) is 9.76. The highest BCUT2D eigenvalue weighted by Gasteiger charge is 2.51. The summed E-state index contributed by atoms with van der Waals surface area (Å²) in [5.74, 6) is -1.09. The molecule has 0 heterocycles. The molecule has 1 rings (SSSR count). The molecule has 0 aromatic carbocycles. The molecule has 1 saturated carbocycles. The maximum absolute atomic E-state index is 12.9. The predicted octanol–water partition coefficient (Wildman–Crippen LogP) is 12.7. The lowest BCUT2D eigenvalue weighted by Crippen LogP contribution is -2.64. The van der Waals surface area contributed by atoms with Crippen molar-refractivity contribution in [1.29, 1.82) is 0 Å². The number of aliphatic hydroxyl groups is 5. The first-order chi connectivity index (χ1) is 33.4. The summed E-state index contributed by atoms with van der Waals surface area (Å²) < 4.78 is 33.7. The molecule has 0 aliphatic heterocycles. The third-order valence-electron chi connectivity index (χ3n) is 13.3. The van der Waals surface area contributed by atoms with E-state index in [1.165, 1.54) is 161 Å². The van der Waals surface area contributed by atoms with E-state index >= 15 is 0 Å². The van der Waals surface area contributed by atoms with E-state index in [2.05, 4.69) is 38.2 Å². The number of allylic oxidation sites excluding steroid dienone is 4. The first-order valence-corrected chi connectivity index (χ1v) is 29.6. The van der Waals surface area contributed by atoms with E-state index in [9.17, 15) is 44.6 Å². The Hall–Kier alpha value is -1.67. The molecule has 6 N–H and O–H groups in total. The van der Waals surface area contributed by atoms with Crippen molar-refractivity contribution < 1.29 is 63.1 Å². The van der Waals surface area contributed by atoms with Gasteiger partial charge in [0.2, 0.25) is 0 Å². The van der Waals surface area contributed by atoms with Crippen LogP contribution >= 0.6 is 7.82 Å². The van der Waals surface area contributed by atoms with Gasteiger partial charge in [-0.2, -0.15) is 0 Å². The molecule has 14 heteroatoms. The van der Waals surface area contributed by atoms with E-state index in [1.807, 2.05) is 0 Å². The lowest BCUT2D eigenvalue weighted by Gasteiger charge is -2.41. The third-order valence-corrected chi connectivity index (χ3v) is 14.3. The summed E-state index contributed by atoms with van der Waals surface area (Å²) in [6.07, 6.45) is 39.3. The largest absolute Gasteiger partial charge is 0.472 e. The van der Waals surface area contributed by atoms with Crippen molar-refractivity contribution in [1.82, 2.24) is 0 Å². The van der Waals surface area contributed by atoms with Gasteiger partial charge in [-0.15, -0.1) is 0 Å². The fraction of sp³-hybridized carbons (Fsp3) is 0.891. The van der Waals surface area contributed by atoms with Gasteiger partial charge >= 0.3 is 19.8 Å². The van der Waals surface area contributed by atoms with Gasteiger partial charge in [-0.3, -0.25) is 18.6 Å². The molecule has 1 aliphatic carbocycles. The van der Waals surface area contributed by atoms with Crippen LogP contribution in [0.4, 0.5) is 0 Å². The zero-order valence-corrected chi connectivity index (χ0v) is 44.5. The number of rotatable bonds is 48. The van der Waals surface area contributed by atoms with Crippen molar-refractivity contribution in [2.45, 2.75) is 301 Å². The van der Waals surface area contributed by atoms with Gasteiger partial charge in [0.1, 0.15) is 43.2 Å². The van der Waals surface area contributed by atoms with Crippen molar-refractivity contribution in [2.24, 2.45) is 0 Å². The van der Waals surface area contributed by atoms with Crippen LogP contribution in [0.3, 0.4) is 0 Å². The van der Waals surface area contributed by atoms with Gasteiger partial charge in [0.25, 0.3) is 0 Å². The molecule has 0 spiro atoms. The van der Waals surface area contributed by atoms with Gasteiger partial charge in [0.15, 0.2) is 6.10 Å². The van der Waals surface area contributed by atoms with Gasteiger partial charge in [-0.1, -0.05) is 224 Å². The molecule has 1 aliphatic rings. The van der Waals surface area contributed by atoms with Gasteiger partial charge < -0.3 is 39.9 Å². The van der Waals surface area contributed by atoms with Crippen LogP contribution in [0, 0.1) is 0 Å². The van der Waals surface area contributed by atoms with E-state index in [1.54, 1.807) is 0 Å². The van der Waals surface area contributed by atoms with Crippen molar-refractivity contribution in [3.8, 4) is 0 Å². The zero-order chi connectivity index (χ0) is 50.6. The Labute approximate surface area is 419 Å². The van der Waals surface area contributed by atoms with Gasteiger partial charge in [0, 0.05) is 12.8 Å². The highest BCUT2D eigenvalue weighted by atomic mass is 31.2. The number of aliphatic hydroxyl groups excluding tert-OH is 5. The Kier molecular flexibility index (Phi) is 42.6. The summed E-state index contributed by atoms with van der Waals surface area (Å²) in [7, 11) is -5.12. The Morgan fingerprint density at radius 3 is 1.20 bits per heavy atom. The molecule has 69 heavy (non-hydrogen) atoms. The second kappa shape index (κ2) is 45.0. The van der Waals surface area contributed by atoms with Crippen LogP contribution in [0.25, 0.3) is 0 Å². The Morgan fingerprint density at radius 2 is 0.783 bits per heavy atom. The van der Waals surface area contributed by atoms with E-state index < -0.39 is 75.7 Å². The number of carbonyl (C=O) groups is 2. The first kappa shape index (κ1) is 65.3. The second-order valence-electron chi connectivity index (χ2n) is 19.8. The van der Waals surface area contributed by atoms with Crippen LogP contribution in [0.15, 0.2) is 24.3 Å². The number of hydrogen-bond acceptors (Lipinski definition) is 12. The lowest BCUT2D eigenvalue weighted by atomic mass is 9.85. The van der Waals surface area contributed by atoms with E-state index in [4.69, 9.17) is 18.5 Å². The Morgan fingerprint density at radius 1 is 0.449 bits per heavy atom. The van der Waals surface area contributed by atoms with E-state index in [0.29, 0.717) is 12.8 Å². The molecule has 0 aromatic rings. The average molecular weight is 1000 g/mol. The fourth-order valence-electron chi connectivity index (χ4n) is 8.79. The van der Waals surface area contributed by atoms with Gasteiger partial charge in [-0.25, -0.2) is 4.57 Å². The van der Waals surface area contributed by atoms with Crippen LogP contribution in [-0.2, 0) is 32.7 Å². The normalized spacial score (nSPS) is 21.0. The van der Waals surface area contributed by atoms with Gasteiger partial charge in [-0.05, 0) is 44.9 Å². The SMILES string of the molecule is CCCCC/C=C/C/C=C/CCCCCCCCCCCC(=O)OC[C@H](COP(=O)(O)OC1C(O)C(O)C(O)[C@@H](O)C1O)OC(=O)CCCCCCCCCCCCCCCCCCCCCCC. The molecular formula is C55H103O13P. The summed E-state index contributed by atoms with van der Waals surface area (Å²) in [5, 5.41) is 50.4. The van der Waals surface area contributed by atoms with E-state index in [-0.39, 0.29) is 12.8 Å². The molecule has 0 radical (unpaired) electrons. The molecule has 0 amide bonds. The summed E-state index contributed by atoms with van der Waals surface area (Å²) in [4.78, 5) is 35.9. The maximum Gasteiger partial charge on any atom is 0.472 e. The van der Waals surface area contributed by atoms with Crippen LogP contribution in [0.2, 0.25) is 0 Å². The molecular weight excluding hydrogens is 900 g/mol. The number of hydrogen-bond donors (Lipinski definition) is 6. The van der Waals surface area contributed by atoms with Crippen molar-refractivity contribution >= 4 is 19.8 Å². The molecule has 1 fully saturated rings. The smallest absolute Gasteiger partial charge is 0.462 e. The predicted molar refractivity (Wildman–Crippen MR) is 277 cm³/mol. The van der Waals surface area contributed by atoms with E-state index in [0.717, 1.165) is 57.8 Å². The second-order valence-corrected chi connectivity index (χ2v) is 21.2. The minimum atomic E-state index is -5.12. The minimum absolute atomic E-state index is 0.101. The van der Waals surface area contributed by atoms with Crippen LogP contribution < -0.4 is 0 Å². The first-order valence-electron chi connectivity index (χ1n) is 28.1. The van der Waals surface area contributed by atoms with Crippen molar-refractivity contribution in [3.63, 3.8) is 0 Å². The topological polar surface area (TPSA) is 210 Å². The summed E-state index contributed by atoms with van der Waals surface area (Å²) in [5.41, 5.74) is 0. The molecule has 0 bridgehead atoms. The van der Waals surface area contributed by atoms with Gasteiger partial charge in [0.05, 0.1) is 6.61 Å². The maximum atomic E-state index is 12.9. The molecule has 8 atom stereocenters. The number of phosphoric ester groups is 1. The van der Waals surface area contributed by atoms with Crippen molar-refractivity contribution in [2.75, 3.05) is 13.2 Å². The summed E-state index contributed by atoms with van der Waals surface area (Å²) in [6, 6.07) is 0. The van der Waals surface area contributed by atoms with Crippen LogP contribution in [-0.4, -0.2) is 98.3 Å². The monoisotopic (exact) mass is 1000 g/mol. The molecule has 0 aromatic heterocycles. The Bertz CT molecular complexity index is 1300. The quantitative estimate of drug-likeness (QED) is 0.0145. The lowest BCUT2D eigenvalue weighted by molar-refractivity contribution is -0.220. The average Bonchev–Trinajstić information content (AvgIpc) is 3.33. The standard InChI is InChI=1S/C55H103O13P/c1-3-5-7-9-11-13-15-17-19-21-23-24-26-28-30-32-34-36-38-40-42-44-49(57)67-47(46-66-69(63,64)68-55-53(61)51(59)50(58)52(60)54(55)62)45-65-48(56)43-41-39-37-35-33-31-29-27-25-22-20-18-16-14-12-10-8-6-4-2/h12,14,18,20,47,50-55,58-62H,3-11,13,15-17,19,21-46H2,1-2H3,(H,63,64)/b14-12+,20-18+/t47-,50?,51-,52?,53?,54?,55?/m1/s1. The number of phosphoric acid groups is 1. The number of unbranched alkanes of at least 4 members (excludes halogenated alkanes) is 32. The Balaban J connectivity index is 2.34. The third kappa shape index (κ3) is 36.8. The van der Waals surface area contributed by atoms with Crippen LogP contribution in [0.5, 0.6) is 0 Å². The highest BCUT2D eigenvalue weighted by Crippen LogP contribution is 2.47. The molecule has 0 saturated heterocycles. The molecule has 6 unspecified atom stereocenters. The minimum Gasteiger partial charge on any atom is -0.462 e. The summed E-state index contributed by atoms with van der Waals surface area (Å²) in [6.45, 7) is 3.33. The number of ether oxygens (including phenoxy) is 2. The highest BCUT2D eigenvalue weighted by molar-refractivity contribution is 7.47. The number of esters is 2. The summed E-state index contributed by atoms with van der Waals surface area (Å²) >= 11 is 0.